The third-order valence-corrected chi connectivity index (χ3v) is 7.85. The molecule has 48 heavy (non-hydrogen) atoms. The Morgan fingerprint density at radius 2 is 1.21 bits per heavy atom. The normalized spacial score (nSPS) is 13.5. The number of fused-ring (bicyclic) bond motifs is 2. The number of benzene rings is 4. The van der Waals surface area contributed by atoms with E-state index in [1.54, 1.807) is 24.3 Å². The van der Waals surface area contributed by atoms with E-state index in [9.17, 15) is 21.6 Å². The third-order valence-electron chi connectivity index (χ3n) is 6.07. The second-order valence-electron chi connectivity index (χ2n) is 13.9. The lowest BCUT2D eigenvalue weighted by atomic mass is 10.0. The summed E-state index contributed by atoms with van der Waals surface area (Å²) in [6, 6.07) is 25.5. The first-order valence-electron chi connectivity index (χ1n) is 15.6. The fourth-order valence-electron chi connectivity index (χ4n) is 4.37. The van der Waals surface area contributed by atoms with Crippen molar-refractivity contribution in [2.24, 2.45) is 0 Å². The van der Waals surface area contributed by atoms with Gasteiger partial charge in [-0.05, 0) is 109 Å². The first-order valence-corrected chi connectivity index (χ1v) is 20.4. The molecule has 6 nitrogen and oxygen atoms in total. The Kier molecular flexibility index (Phi) is 13.7. The van der Waals surface area contributed by atoms with Crippen LogP contribution >= 0.6 is 0 Å². The van der Waals surface area contributed by atoms with E-state index in [1.807, 2.05) is 33.8 Å². The quantitative estimate of drug-likeness (QED) is 0.0824. The van der Waals surface area contributed by atoms with Crippen molar-refractivity contribution < 1.29 is 39.7 Å². The SMILES string of the molecule is C/C=C(\OC(C)(C)C)O[Si](C)(C)C.C[C@H](OC(C)(C)C)c1cccc2ccccc12.O=S(=O)(Oc1cccc2ccccc12)C(F)(F)F. The molecule has 1 atom stereocenters. The van der Waals surface area contributed by atoms with Crippen LogP contribution in [0.15, 0.2) is 97.0 Å². The van der Waals surface area contributed by atoms with Crippen molar-refractivity contribution in [3.63, 3.8) is 0 Å². The highest BCUT2D eigenvalue weighted by Gasteiger charge is 2.48. The molecule has 0 radical (unpaired) electrons. The molecule has 0 aliphatic rings. The van der Waals surface area contributed by atoms with Crippen molar-refractivity contribution in [2.75, 3.05) is 0 Å². The summed E-state index contributed by atoms with van der Waals surface area (Å²) < 4.78 is 80.0. The molecule has 0 amide bonds. The molecule has 0 bridgehead atoms. The molecule has 0 unspecified atom stereocenters. The molecule has 0 heterocycles. The topological polar surface area (TPSA) is 71.1 Å². The standard InChI is InChI=1S/C16H20O.C11H7F3O3S.C10H22O2Si/c1-12(17-16(2,3)4)14-11-7-9-13-8-5-6-10-15(13)14;12-11(13,14)18(15,16)17-10-7-3-5-8-4-1-2-6-9(8)10;1-8-9(11-10(2,3)4)12-13(5,6)7/h5-12H,1-4H3;1-7H;8H,1-7H3/b;;9-8+/t12-;;/m0../s1. The minimum absolute atomic E-state index is 0.112. The summed E-state index contributed by atoms with van der Waals surface area (Å²) >= 11 is 0. The van der Waals surface area contributed by atoms with Crippen molar-refractivity contribution in [3.05, 3.63) is 103 Å². The second kappa shape index (κ2) is 16.2. The summed E-state index contributed by atoms with van der Waals surface area (Å²) in [6.07, 6.45) is 1.99. The Balaban J connectivity index is 0.000000254. The van der Waals surface area contributed by atoms with Crippen LogP contribution in [-0.2, 0) is 24.0 Å². The summed E-state index contributed by atoms with van der Waals surface area (Å²) in [5, 5.41) is 3.45. The van der Waals surface area contributed by atoms with Crippen LogP contribution in [0.4, 0.5) is 13.2 Å². The van der Waals surface area contributed by atoms with Crippen LogP contribution in [0.25, 0.3) is 21.5 Å². The number of hydrogen-bond donors (Lipinski definition) is 0. The van der Waals surface area contributed by atoms with Gasteiger partial charge in [-0.3, -0.25) is 0 Å². The van der Waals surface area contributed by atoms with Crippen LogP contribution in [0.1, 0.15) is 67.1 Å². The van der Waals surface area contributed by atoms with E-state index in [1.165, 1.54) is 34.5 Å². The van der Waals surface area contributed by atoms with Gasteiger partial charge in [0.2, 0.25) is 8.32 Å². The highest BCUT2D eigenvalue weighted by Crippen LogP contribution is 2.32. The Morgan fingerprint density at radius 3 is 1.69 bits per heavy atom. The van der Waals surface area contributed by atoms with Gasteiger partial charge in [0.1, 0.15) is 5.60 Å². The minimum Gasteiger partial charge on any atom is -0.520 e. The molecule has 0 aromatic heterocycles. The molecule has 11 heteroatoms. The number of hydrogen-bond acceptors (Lipinski definition) is 6. The van der Waals surface area contributed by atoms with E-state index in [0.717, 1.165) is 0 Å². The van der Waals surface area contributed by atoms with Gasteiger partial charge in [-0.25, -0.2) is 0 Å². The molecule has 0 spiro atoms. The molecule has 0 aliphatic heterocycles. The van der Waals surface area contributed by atoms with E-state index < -0.39 is 23.9 Å². The number of ether oxygens (including phenoxy) is 2. The first kappa shape index (κ1) is 40.6. The average Bonchev–Trinajstić information content (AvgIpc) is 2.94. The fourth-order valence-corrected chi connectivity index (χ4v) is 5.61. The Labute approximate surface area is 285 Å². The average molecular weight is 707 g/mol. The molecular weight excluding hydrogens is 658 g/mol. The Morgan fingerprint density at radius 1 is 0.729 bits per heavy atom. The first-order chi connectivity index (χ1) is 21.9. The molecule has 0 N–H and O–H groups in total. The van der Waals surface area contributed by atoms with Crippen LogP contribution in [0.3, 0.4) is 0 Å². The minimum atomic E-state index is -5.64. The lowest BCUT2D eigenvalue weighted by Gasteiger charge is -2.27. The molecule has 4 rings (SSSR count). The molecule has 0 fully saturated rings. The second-order valence-corrected chi connectivity index (χ2v) is 19.9. The van der Waals surface area contributed by atoms with Gasteiger partial charge in [-0.2, -0.15) is 21.6 Å². The van der Waals surface area contributed by atoms with Crippen molar-refractivity contribution in [1.29, 1.82) is 0 Å². The maximum atomic E-state index is 12.2. The van der Waals surface area contributed by atoms with E-state index >= 15 is 0 Å². The van der Waals surface area contributed by atoms with Crippen LogP contribution in [0, 0.1) is 0 Å². The smallest absolute Gasteiger partial charge is 0.520 e. The number of halogens is 3. The zero-order valence-corrected chi connectivity index (χ0v) is 31.5. The maximum absolute atomic E-state index is 12.2. The summed E-state index contributed by atoms with van der Waals surface area (Å²) in [4.78, 5) is 0. The number of allylic oxidation sites excluding steroid dienone is 1. The summed E-state index contributed by atoms with van der Waals surface area (Å²) in [7, 11) is -7.18. The summed E-state index contributed by atoms with van der Waals surface area (Å²) in [5.74, 6) is 0.317. The van der Waals surface area contributed by atoms with Gasteiger partial charge in [0.25, 0.3) is 5.95 Å². The Hall–Kier alpha value is -3.54. The van der Waals surface area contributed by atoms with E-state index in [0.29, 0.717) is 16.7 Å². The fraction of sp³-hybridized carbons (Fsp3) is 0.405. The van der Waals surface area contributed by atoms with Gasteiger partial charge in [0, 0.05) is 5.39 Å². The summed E-state index contributed by atoms with van der Waals surface area (Å²) in [5.41, 5.74) is -4.47. The lowest BCUT2D eigenvalue weighted by Crippen LogP contribution is -2.29. The molecule has 0 saturated heterocycles. The summed E-state index contributed by atoms with van der Waals surface area (Å²) in [6.45, 7) is 22.8. The van der Waals surface area contributed by atoms with E-state index in [-0.39, 0.29) is 23.1 Å². The van der Waals surface area contributed by atoms with Crippen molar-refractivity contribution in [3.8, 4) is 5.75 Å². The molecule has 4 aromatic rings. The predicted octanol–water partition coefficient (Wildman–Crippen LogP) is 11.3. The van der Waals surface area contributed by atoms with Crippen LogP contribution < -0.4 is 4.18 Å². The van der Waals surface area contributed by atoms with E-state index in [2.05, 4.69) is 94.0 Å². The highest BCUT2D eigenvalue weighted by atomic mass is 32.2. The van der Waals surface area contributed by atoms with Crippen molar-refractivity contribution in [2.45, 2.75) is 97.8 Å². The Bertz CT molecular complexity index is 1740. The van der Waals surface area contributed by atoms with Gasteiger partial charge >= 0.3 is 15.6 Å². The molecule has 4 aromatic carbocycles. The predicted molar refractivity (Wildman–Crippen MR) is 192 cm³/mol. The number of rotatable bonds is 7. The lowest BCUT2D eigenvalue weighted by molar-refractivity contribution is -0.0524. The van der Waals surface area contributed by atoms with Gasteiger partial charge in [0.05, 0.1) is 11.7 Å². The zero-order chi connectivity index (χ0) is 36.6. The van der Waals surface area contributed by atoms with Gasteiger partial charge < -0.3 is 18.1 Å². The van der Waals surface area contributed by atoms with Crippen molar-refractivity contribution >= 4 is 40.0 Å². The van der Waals surface area contributed by atoms with Crippen LogP contribution in [0.5, 0.6) is 5.75 Å². The maximum Gasteiger partial charge on any atom is 0.534 e. The molecular formula is C37H49F3O6SSi. The molecule has 264 valence electrons. The monoisotopic (exact) mass is 706 g/mol. The third kappa shape index (κ3) is 13.5. The zero-order valence-electron chi connectivity index (χ0n) is 29.7. The largest absolute Gasteiger partial charge is 0.534 e. The highest BCUT2D eigenvalue weighted by molar-refractivity contribution is 7.88. The van der Waals surface area contributed by atoms with E-state index in [4.69, 9.17) is 13.9 Å². The van der Waals surface area contributed by atoms with Crippen LogP contribution in [-0.4, -0.2) is 33.4 Å². The van der Waals surface area contributed by atoms with Gasteiger partial charge in [-0.1, -0.05) is 78.9 Å². The molecule has 0 aliphatic carbocycles. The molecule has 0 saturated carbocycles. The van der Waals surface area contributed by atoms with Crippen molar-refractivity contribution in [1.82, 2.24) is 0 Å². The number of alkyl halides is 3. The van der Waals surface area contributed by atoms with Gasteiger partial charge in [-0.15, -0.1) is 0 Å². The van der Waals surface area contributed by atoms with Crippen LogP contribution in [0.2, 0.25) is 19.6 Å². The van der Waals surface area contributed by atoms with Gasteiger partial charge in [0.15, 0.2) is 5.75 Å².